The lowest BCUT2D eigenvalue weighted by molar-refractivity contribution is -0.113. The molecule has 1 aromatic heterocycles. The Hall–Kier alpha value is -2.20. The van der Waals surface area contributed by atoms with Gasteiger partial charge < -0.3 is 19.8 Å². The lowest BCUT2D eigenvalue weighted by atomic mass is 10.1. The fourth-order valence-corrected chi connectivity index (χ4v) is 3.67. The number of aromatic nitrogens is 2. The molecule has 0 saturated carbocycles. The minimum Gasteiger partial charge on any atom is -0.444 e. The van der Waals surface area contributed by atoms with Crippen LogP contribution in [-0.2, 0) is 16.0 Å². The number of alkyl carbamates (subject to hydrolysis) is 1. The molecule has 0 bridgehead atoms. The molecule has 0 spiro atoms. The molecule has 0 aliphatic rings. The van der Waals surface area contributed by atoms with Crippen LogP contribution in [0.1, 0.15) is 51.6 Å². The average Bonchev–Trinajstić information content (AvgIpc) is 3.17. The van der Waals surface area contributed by atoms with Crippen LogP contribution < -0.4 is 10.6 Å². The van der Waals surface area contributed by atoms with Crippen molar-refractivity contribution >= 4 is 41.2 Å². The number of carbonyl (C=O) groups is 2. The number of hydrogen-bond acceptors (Lipinski definition) is 8. The number of nitrogens with one attached hydrogen (secondary N) is 2. The van der Waals surface area contributed by atoms with Crippen molar-refractivity contribution < 1.29 is 18.7 Å². The average molecular weight is 467 g/mol. The summed E-state index contributed by atoms with van der Waals surface area (Å²) in [5.41, 5.74) is 1.28. The smallest absolute Gasteiger partial charge is 0.408 e. The van der Waals surface area contributed by atoms with Gasteiger partial charge in [0.15, 0.2) is 0 Å². The summed E-state index contributed by atoms with van der Waals surface area (Å²) in [6.45, 7) is 7.44. The molecule has 0 aliphatic heterocycles. The van der Waals surface area contributed by atoms with E-state index in [0.717, 1.165) is 35.2 Å². The van der Waals surface area contributed by atoms with Gasteiger partial charge in [-0.1, -0.05) is 36.9 Å². The van der Waals surface area contributed by atoms with Crippen LogP contribution in [-0.4, -0.2) is 45.6 Å². The van der Waals surface area contributed by atoms with Crippen molar-refractivity contribution in [3.05, 3.63) is 35.7 Å². The first-order valence-electron chi connectivity index (χ1n) is 10.0. The van der Waals surface area contributed by atoms with Gasteiger partial charge in [-0.2, -0.15) is 11.8 Å². The Balaban J connectivity index is 1.95. The number of aryl methyl sites for hydroxylation is 1. The predicted octanol–water partition coefficient (Wildman–Crippen LogP) is 4.68. The van der Waals surface area contributed by atoms with Gasteiger partial charge in [-0.15, -0.1) is 10.2 Å². The molecule has 2 amide bonds. The molecule has 2 aromatic rings. The molecule has 0 radical (unpaired) electrons. The fourth-order valence-electron chi connectivity index (χ4n) is 2.63. The number of rotatable bonds is 10. The largest absolute Gasteiger partial charge is 0.444 e. The first-order chi connectivity index (χ1) is 14.7. The van der Waals surface area contributed by atoms with Crippen molar-refractivity contribution in [2.75, 3.05) is 23.1 Å². The van der Waals surface area contributed by atoms with Crippen molar-refractivity contribution in [1.82, 2.24) is 15.5 Å². The van der Waals surface area contributed by atoms with Crippen molar-refractivity contribution in [2.45, 2.75) is 57.4 Å². The lowest BCUT2D eigenvalue weighted by Gasteiger charge is -2.22. The first kappa shape index (κ1) is 25.1. The Labute approximate surface area is 191 Å². The highest BCUT2D eigenvalue weighted by atomic mass is 32.2. The summed E-state index contributed by atoms with van der Waals surface area (Å²) < 4.78 is 11.0. The van der Waals surface area contributed by atoms with E-state index in [2.05, 4.69) is 20.8 Å². The third-order valence-electron chi connectivity index (χ3n) is 4.02. The first-order valence-corrected chi connectivity index (χ1v) is 12.4. The highest BCUT2D eigenvalue weighted by molar-refractivity contribution is 7.99. The molecule has 31 heavy (non-hydrogen) atoms. The number of nitrogens with zero attached hydrogens (tertiary/aromatic N) is 2. The number of ether oxygens (including phenoxy) is 1. The zero-order valence-corrected chi connectivity index (χ0v) is 20.2. The maximum Gasteiger partial charge on any atom is 0.408 e. The molecule has 1 atom stereocenters. The number of anilines is 1. The Morgan fingerprint density at radius 1 is 1.23 bits per heavy atom. The van der Waals surface area contributed by atoms with Crippen LogP contribution >= 0.6 is 23.5 Å². The predicted molar refractivity (Wildman–Crippen MR) is 125 cm³/mol. The minimum absolute atomic E-state index is 0.134. The van der Waals surface area contributed by atoms with Crippen LogP contribution in [0.3, 0.4) is 0 Å². The maximum atomic E-state index is 12.3. The number of amides is 2. The summed E-state index contributed by atoms with van der Waals surface area (Å²) in [4.78, 5) is 24.5. The summed E-state index contributed by atoms with van der Waals surface area (Å²) in [6.07, 6.45) is 2.88. The number of benzene rings is 1. The second kappa shape index (κ2) is 12.0. The summed E-state index contributed by atoms with van der Waals surface area (Å²) >= 11 is 2.80. The van der Waals surface area contributed by atoms with Crippen LogP contribution in [0, 0.1) is 0 Å². The van der Waals surface area contributed by atoms with Gasteiger partial charge in [-0.05, 0) is 57.3 Å². The number of carbonyl (C=O) groups excluding carboxylic acids is 2. The van der Waals surface area contributed by atoms with E-state index < -0.39 is 17.7 Å². The molecule has 0 aliphatic carbocycles. The third-order valence-corrected chi connectivity index (χ3v) is 5.48. The molecule has 1 aromatic carbocycles. The molecule has 2 rings (SSSR count). The highest BCUT2D eigenvalue weighted by Gasteiger charge is 2.24. The van der Waals surface area contributed by atoms with Crippen LogP contribution in [0.2, 0.25) is 0 Å². The molecule has 10 heteroatoms. The quantitative estimate of drug-likeness (QED) is 0.486. The number of thioether (sulfide) groups is 2. The monoisotopic (exact) mass is 466 g/mol. The van der Waals surface area contributed by atoms with Crippen molar-refractivity contribution in [3.8, 4) is 0 Å². The van der Waals surface area contributed by atoms with Crippen LogP contribution in [0.4, 0.5) is 10.5 Å². The second-order valence-corrected chi connectivity index (χ2v) is 9.65. The second-order valence-electron chi connectivity index (χ2n) is 7.73. The Bertz CT molecular complexity index is 867. The van der Waals surface area contributed by atoms with Gasteiger partial charge in [0.25, 0.3) is 5.22 Å². The number of hydrogen-bond donors (Lipinski definition) is 2. The zero-order chi connectivity index (χ0) is 22.9. The Kier molecular flexibility index (Phi) is 9.70. The van der Waals surface area contributed by atoms with E-state index in [1.165, 1.54) is 0 Å². The number of para-hydroxylation sites is 1. The van der Waals surface area contributed by atoms with E-state index in [-0.39, 0.29) is 16.9 Å². The topological polar surface area (TPSA) is 106 Å². The summed E-state index contributed by atoms with van der Waals surface area (Å²) in [5, 5.41) is 14.0. The van der Waals surface area contributed by atoms with E-state index in [4.69, 9.17) is 9.15 Å². The zero-order valence-electron chi connectivity index (χ0n) is 18.6. The molecular formula is C21H30N4O4S2. The fraction of sp³-hybridized carbons (Fsp3) is 0.524. The summed E-state index contributed by atoms with van der Waals surface area (Å²) in [6, 6.07) is 7.24. The van der Waals surface area contributed by atoms with Crippen LogP contribution in [0.25, 0.3) is 0 Å². The van der Waals surface area contributed by atoms with Crippen molar-refractivity contribution in [3.63, 3.8) is 0 Å². The molecule has 0 saturated heterocycles. The van der Waals surface area contributed by atoms with Crippen molar-refractivity contribution in [1.29, 1.82) is 0 Å². The summed E-state index contributed by atoms with van der Waals surface area (Å²) in [5.74, 6) is 1.06. The molecule has 170 valence electrons. The highest BCUT2D eigenvalue weighted by Crippen LogP contribution is 2.24. The molecular weight excluding hydrogens is 436 g/mol. The van der Waals surface area contributed by atoms with E-state index >= 15 is 0 Å². The Morgan fingerprint density at radius 2 is 1.97 bits per heavy atom. The van der Waals surface area contributed by atoms with Gasteiger partial charge in [0.05, 0.1) is 5.75 Å². The minimum atomic E-state index is -0.603. The van der Waals surface area contributed by atoms with Gasteiger partial charge in [-0.3, -0.25) is 4.79 Å². The molecule has 1 heterocycles. The van der Waals surface area contributed by atoms with E-state index in [1.807, 2.05) is 37.4 Å². The lowest BCUT2D eigenvalue weighted by Crippen LogP contribution is -2.35. The van der Waals surface area contributed by atoms with E-state index in [1.54, 1.807) is 32.5 Å². The molecule has 0 unspecified atom stereocenters. The van der Waals surface area contributed by atoms with Crippen LogP contribution in [0.5, 0.6) is 0 Å². The summed E-state index contributed by atoms with van der Waals surface area (Å²) in [7, 11) is 0. The molecule has 8 nitrogen and oxygen atoms in total. The molecule has 0 fully saturated rings. The van der Waals surface area contributed by atoms with Gasteiger partial charge in [0.2, 0.25) is 11.8 Å². The van der Waals surface area contributed by atoms with Crippen LogP contribution in [0.15, 0.2) is 33.9 Å². The Morgan fingerprint density at radius 3 is 2.65 bits per heavy atom. The van der Waals surface area contributed by atoms with Gasteiger partial charge in [-0.25, -0.2) is 4.79 Å². The molecule has 2 N–H and O–H groups in total. The SMILES string of the molecule is CCc1ccccc1NC(=O)CSc1nnc([C@H](CCSC)NC(=O)OC(C)(C)C)o1. The standard InChI is InChI=1S/C21H30N4O4S2/c1-6-14-9-7-8-10-15(14)22-17(26)13-31-20-25-24-18(28-20)16(11-12-30-5)23-19(27)29-21(2,3)4/h7-10,16H,6,11-13H2,1-5H3,(H,22,26)(H,23,27)/t16-/m0/s1. The van der Waals surface area contributed by atoms with Gasteiger partial charge >= 0.3 is 6.09 Å². The maximum absolute atomic E-state index is 12.3. The van der Waals surface area contributed by atoms with Gasteiger partial charge in [0, 0.05) is 5.69 Å². The van der Waals surface area contributed by atoms with Gasteiger partial charge in [0.1, 0.15) is 11.6 Å². The third kappa shape index (κ3) is 8.82. The van der Waals surface area contributed by atoms with E-state index in [0.29, 0.717) is 12.3 Å². The van der Waals surface area contributed by atoms with E-state index in [9.17, 15) is 9.59 Å². The normalized spacial score (nSPS) is 12.3. The van der Waals surface area contributed by atoms with Crippen molar-refractivity contribution in [2.24, 2.45) is 0 Å².